The Labute approximate surface area is 165 Å². The van der Waals surface area contributed by atoms with Crippen LogP contribution in [0.5, 0.6) is 5.75 Å². The van der Waals surface area contributed by atoms with Crippen LogP contribution in [0.1, 0.15) is 12.8 Å². The van der Waals surface area contributed by atoms with E-state index in [1.807, 2.05) is 0 Å². The molecule has 10 heteroatoms. The van der Waals surface area contributed by atoms with Crippen LogP contribution in [0.3, 0.4) is 0 Å². The third kappa shape index (κ3) is 3.84. The average molecular weight is 480 g/mol. The Bertz CT molecular complexity index is 975. The fourth-order valence-corrected chi connectivity index (χ4v) is 8.27. The van der Waals surface area contributed by atoms with E-state index in [1.54, 1.807) is 24.3 Å². The lowest BCUT2D eigenvalue weighted by atomic mass is 10.2. The van der Waals surface area contributed by atoms with Gasteiger partial charge in [0.15, 0.2) is 9.84 Å². The van der Waals surface area contributed by atoms with Crippen LogP contribution in [0.25, 0.3) is 0 Å². The number of piperidine rings is 1. The summed E-state index contributed by atoms with van der Waals surface area (Å²) in [6.45, 7) is 0.385. The number of sulfonamides is 1. The molecule has 1 fully saturated rings. The van der Waals surface area contributed by atoms with Crippen molar-refractivity contribution in [3.05, 3.63) is 40.2 Å². The molecular weight excluding hydrogens is 462 g/mol. The van der Waals surface area contributed by atoms with Gasteiger partial charge < -0.3 is 4.74 Å². The predicted octanol–water partition coefficient (Wildman–Crippen LogP) is 3.15. The van der Waals surface area contributed by atoms with Gasteiger partial charge in [0.25, 0.3) is 10.0 Å². The van der Waals surface area contributed by atoms with Crippen LogP contribution in [0.4, 0.5) is 0 Å². The smallest absolute Gasteiger partial charge is 0.252 e. The molecule has 142 valence electrons. The first-order valence-electron chi connectivity index (χ1n) is 7.88. The van der Waals surface area contributed by atoms with E-state index in [2.05, 4.69) is 15.9 Å². The lowest BCUT2D eigenvalue weighted by Crippen LogP contribution is -2.42. The molecule has 0 spiro atoms. The zero-order valence-electron chi connectivity index (χ0n) is 14.0. The van der Waals surface area contributed by atoms with Gasteiger partial charge in [-0.3, -0.25) is 0 Å². The second kappa shape index (κ2) is 7.59. The molecule has 26 heavy (non-hydrogen) atoms. The second-order valence-electron chi connectivity index (χ2n) is 5.88. The highest BCUT2D eigenvalue weighted by Gasteiger charge is 2.36. The SMILES string of the molecule is COc1ccc(S(=O)(=O)C2CCN(S(=O)(=O)c3ccc(Br)s3)CC2)cc1. The third-order valence-corrected chi connectivity index (χ3v) is 10.6. The molecule has 1 aliphatic rings. The lowest BCUT2D eigenvalue weighted by molar-refractivity contribution is 0.346. The summed E-state index contributed by atoms with van der Waals surface area (Å²) in [6.07, 6.45) is 0.556. The summed E-state index contributed by atoms with van der Waals surface area (Å²) in [7, 11) is -5.55. The molecule has 0 aliphatic carbocycles. The number of benzene rings is 1. The molecule has 0 saturated carbocycles. The number of sulfone groups is 1. The maximum atomic E-state index is 12.8. The van der Waals surface area contributed by atoms with Crippen molar-refractivity contribution in [2.75, 3.05) is 20.2 Å². The van der Waals surface area contributed by atoms with Gasteiger partial charge in [-0.05, 0) is 65.2 Å². The number of halogens is 1. The first-order chi connectivity index (χ1) is 12.2. The number of thiophene rings is 1. The number of rotatable bonds is 5. The maximum absolute atomic E-state index is 12.8. The van der Waals surface area contributed by atoms with Crippen molar-refractivity contribution in [1.82, 2.24) is 4.31 Å². The number of methoxy groups -OCH3 is 1. The van der Waals surface area contributed by atoms with Crippen molar-refractivity contribution in [1.29, 1.82) is 0 Å². The molecule has 0 amide bonds. The highest BCUT2D eigenvalue weighted by atomic mass is 79.9. The number of nitrogens with zero attached hydrogens (tertiary/aromatic N) is 1. The zero-order valence-corrected chi connectivity index (χ0v) is 18.0. The van der Waals surface area contributed by atoms with Crippen molar-refractivity contribution in [2.24, 2.45) is 0 Å². The maximum Gasteiger partial charge on any atom is 0.252 e. The Balaban J connectivity index is 1.73. The van der Waals surface area contributed by atoms with Crippen LogP contribution in [0.2, 0.25) is 0 Å². The van der Waals surface area contributed by atoms with Crippen LogP contribution in [-0.2, 0) is 19.9 Å². The third-order valence-electron chi connectivity index (χ3n) is 4.37. The van der Waals surface area contributed by atoms with Gasteiger partial charge in [-0.2, -0.15) is 4.31 Å². The van der Waals surface area contributed by atoms with E-state index in [1.165, 1.54) is 23.5 Å². The molecule has 0 atom stereocenters. The molecule has 0 unspecified atom stereocenters. The largest absolute Gasteiger partial charge is 0.497 e. The molecular formula is C16H18BrNO5S3. The molecule has 6 nitrogen and oxygen atoms in total. The van der Waals surface area contributed by atoms with E-state index in [-0.39, 0.29) is 35.0 Å². The van der Waals surface area contributed by atoms with Crippen molar-refractivity contribution in [2.45, 2.75) is 27.2 Å². The standard InChI is InChI=1S/C16H18BrNO5S3/c1-23-12-2-4-13(5-3-12)25(19,20)14-8-10-18(11-9-14)26(21,22)16-7-6-15(17)24-16/h2-7,14H,8-11H2,1H3. The van der Waals surface area contributed by atoms with Crippen molar-refractivity contribution >= 4 is 47.1 Å². The van der Waals surface area contributed by atoms with Crippen LogP contribution >= 0.6 is 27.3 Å². The van der Waals surface area contributed by atoms with Crippen molar-refractivity contribution in [3.8, 4) is 5.75 Å². The summed E-state index contributed by atoms with van der Waals surface area (Å²) in [5, 5.41) is -0.586. The predicted molar refractivity (Wildman–Crippen MR) is 104 cm³/mol. The first-order valence-corrected chi connectivity index (χ1v) is 12.5. The van der Waals surface area contributed by atoms with Gasteiger partial charge in [0.05, 0.1) is 21.0 Å². The Hall–Kier alpha value is -0.940. The average Bonchev–Trinajstić information content (AvgIpc) is 3.09. The van der Waals surface area contributed by atoms with E-state index in [0.717, 1.165) is 15.1 Å². The van der Waals surface area contributed by atoms with Gasteiger partial charge in [0, 0.05) is 13.1 Å². The Kier molecular flexibility index (Phi) is 5.78. The van der Waals surface area contributed by atoms with Gasteiger partial charge in [-0.15, -0.1) is 11.3 Å². The Morgan fingerprint density at radius 2 is 1.65 bits per heavy atom. The van der Waals surface area contributed by atoms with Crippen LogP contribution in [0.15, 0.2) is 49.3 Å². The zero-order chi connectivity index (χ0) is 18.9. The molecule has 1 saturated heterocycles. The lowest BCUT2D eigenvalue weighted by Gasteiger charge is -2.30. The summed E-state index contributed by atoms with van der Waals surface area (Å²) >= 11 is 4.42. The number of hydrogen-bond acceptors (Lipinski definition) is 6. The minimum absolute atomic E-state index is 0.192. The van der Waals surface area contributed by atoms with Crippen molar-refractivity contribution < 1.29 is 21.6 Å². The molecule has 0 radical (unpaired) electrons. The van der Waals surface area contributed by atoms with Gasteiger partial charge >= 0.3 is 0 Å². The molecule has 1 aromatic heterocycles. The van der Waals surface area contributed by atoms with E-state index < -0.39 is 25.1 Å². The molecule has 0 bridgehead atoms. The minimum atomic E-state index is -3.57. The van der Waals surface area contributed by atoms with E-state index in [9.17, 15) is 16.8 Å². The minimum Gasteiger partial charge on any atom is -0.497 e. The van der Waals surface area contributed by atoms with E-state index in [0.29, 0.717) is 5.75 Å². The van der Waals surface area contributed by atoms with Gasteiger partial charge in [0.1, 0.15) is 9.96 Å². The van der Waals surface area contributed by atoms with E-state index >= 15 is 0 Å². The van der Waals surface area contributed by atoms with Crippen LogP contribution in [-0.4, -0.2) is 46.6 Å². The Morgan fingerprint density at radius 3 is 2.15 bits per heavy atom. The topological polar surface area (TPSA) is 80.8 Å². The summed E-state index contributed by atoms with van der Waals surface area (Å²) in [4.78, 5) is 0.238. The van der Waals surface area contributed by atoms with Crippen LogP contribution in [0, 0.1) is 0 Å². The number of hydrogen-bond donors (Lipinski definition) is 0. The van der Waals surface area contributed by atoms with Gasteiger partial charge in [0.2, 0.25) is 0 Å². The molecule has 1 aromatic carbocycles. The molecule has 3 rings (SSSR count). The molecule has 0 N–H and O–H groups in total. The second-order valence-corrected chi connectivity index (χ2v) is 12.7. The summed E-state index contributed by atoms with van der Waals surface area (Å²) in [5.41, 5.74) is 0. The highest BCUT2D eigenvalue weighted by molar-refractivity contribution is 9.11. The number of ether oxygens (including phenoxy) is 1. The summed E-state index contributed by atoms with van der Waals surface area (Å²) in [6, 6.07) is 9.53. The van der Waals surface area contributed by atoms with Gasteiger partial charge in [-0.25, -0.2) is 16.8 Å². The molecule has 1 aliphatic heterocycles. The molecule has 2 heterocycles. The molecule has 2 aromatic rings. The fraction of sp³-hybridized carbons (Fsp3) is 0.375. The first kappa shape index (κ1) is 19.8. The van der Waals surface area contributed by atoms with Crippen molar-refractivity contribution in [3.63, 3.8) is 0 Å². The highest BCUT2D eigenvalue weighted by Crippen LogP contribution is 2.32. The Morgan fingerprint density at radius 1 is 1.04 bits per heavy atom. The van der Waals surface area contributed by atoms with E-state index in [4.69, 9.17) is 4.74 Å². The fourth-order valence-electron chi connectivity index (χ4n) is 2.90. The monoisotopic (exact) mass is 479 g/mol. The van der Waals surface area contributed by atoms with Crippen LogP contribution < -0.4 is 4.74 Å². The summed E-state index contributed by atoms with van der Waals surface area (Å²) in [5.74, 6) is 0.590. The van der Waals surface area contributed by atoms with Gasteiger partial charge in [-0.1, -0.05) is 0 Å². The quantitative estimate of drug-likeness (QED) is 0.657. The normalized spacial score (nSPS) is 17.3. The summed E-state index contributed by atoms with van der Waals surface area (Å²) < 4.78 is 58.3.